The lowest BCUT2D eigenvalue weighted by Gasteiger charge is -2.20. The molecule has 0 aromatic heterocycles. The van der Waals surface area contributed by atoms with Crippen molar-refractivity contribution in [3.8, 4) is 0 Å². The van der Waals surface area contributed by atoms with Crippen LogP contribution in [0.3, 0.4) is 0 Å². The van der Waals surface area contributed by atoms with Gasteiger partial charge in [-0.15, -0.1) is 6.58 Å². The summed E-state index contributed by atoms with van der Waals surface area (Å²) in [5.74, 6) is 0. The predicted molar refractivity (Wildman–Crippen MR) is 64.7 cm³/mol. The minimum Gasteiger partial charge on any atom is -0.314 e. The highest BCUT2D eigenvalue weighted by molar-refractivity contribution is 4.89. The van der Waals surface area contributed by atoms with Crippen LogP contribution in [0.25, 0.3) is 0 Å². The lowest BCUT2D eigenvalue weighted by molar-refractivity contribution is 0.351. The second kappa shape index (κ2) is 8.01. The zero-order valence-corrected chi connectivity index (χ0v) is 10.3. The van der Waals surface area contributed by atoms with Gasteiger partial charge >= 0.3 is 0 Å². The molecule has 0 saturated heterocycles. The Labute approximate surface area is 89.4 Å². The van der Waals surface area contributed by atoms with E-state index in [1.165, 1.54) is 18.4 Å². The summed E-state index contributed by atoms with van der Waals surface area (Å²) in [7, 11) is 4.25. The number of hydrogen-bond acceptors (Lipinski definition) is 2. The highest BCUT2D eigenvalue weighted by Crippen LogP contribution is 2.07. The van der Waals surface area contributed by atoms with Gasteiger partial charge in [-0.25, -0.2) is 0 Å². The van der Waals surface area contributed by atoms with E-state index in [4.69, 9.17) is 0 Å². The van der Waals surface area contributed by atoms with Gasteiger partial charge in [0.15, 0.2) is 0 Å². The molecule has 14 heavy (non-hydrogen) atoms. The van der Waals surface area contributed by atoms with Gasteiger partial charge in [-0.2, -0.15) is 0 Å². The number of nitrogens with one attached hydrogen (secondary N) is 1. The fourth-order valence-corrected chi connectivity index (χ4v) is 1.47. The van der Waals surface area contributed by atoms with E-state index in [0.717, 1.165) is 19.5 Å². The Kier molecular flexibility index (Phi) is 7.81. The first-order valence-corrected chi connectivity index (χ1v) is 5.58. The number of nitrogens with zero attached hydrogens (tertiary/aromatic N) is 1. The summed E-state index contributed by atoms with van der Waals surface area (Å²) in [5.41, 5.74) is 1.29. The van der Waals surface area contributed by atoms with Gasteiger partial charge in [0.1, 0.15) is 0 Å². The Morgan fingerprint density at radius 3 is 2.43 bits per heavy atom. The van der Waals surface area contributed by atoms with Gasteiger partial charge in [-0.1, -0.05) is 12.5 Å². The largest absolute Gasteiger partial charge is 0.314 e. The fourth-order valence-electron chi connectivity index (χ4n) is 1.47. The average Bonchev–Trinajstić information content (AvgIpc) is 2.09. The van der Waals surface area contributed by atoms with Crippen LogP contribution in [0.2, 0.25) is 0 Å². The molecule has 84 valence electrons. The maximum absolute atomic E-state index is 3.94. The van der Waals surface area contributed by atoms with E-state index >= 15 is 0 Å². The average molecular weight is 198 g/mol. The molecule has 0 bridgehead atoms. The van der Waals surface area contributed by atoms with Crippen molar-refractivity contribution < 1.29 is 0 Å². The van der Waals surface area contributed by atoms with Gasteiger partial charge in [-0.3, -0.25) is 0 Å². The summed E-state index contributed by atoms with van der Waals surface area (Å²) in [6.45, 7) is 10.4. The van der Waals surface area contributed by atoms with Crippen LogP contribution in [0.5, 0.6) is 0 Å². The molecule has 1 atom stereocenters. The Morgan fingerprint density at radius 1 is 1.36 bits per heavy atom. The van der Waals surface area contributed by atoms with Crippen molar-refractivity contribution in [2.75, 3.05) is 27.2 Å². The molecule has 0 radical (unpaired) electrons. The molecule has 2 heteroatoms. The minimum absolute atomic E-state index is 0.652. The van der Waals surface area contributed by atoms with Crippen LogP contribution >= 0.6 is 0 Å². The smallest absolute Gasteiger partial charge is 0.00821 e. The zero-order valence-electron chi connectivity index (χ0n) is 10.3. The number of allylic oxidation sites excluding steroid dienone is 1. The van der Waals surface area contributed by atoms with Gasteiger partial charge in [0, 0.05) is 6.04 Å². The summed E-state index contributed by atoms with van der Waals surface area (Å²) in [6, 6.07) is 0.652. The van der Waals surface area contributed by atoms with Crippen LogP contribution in [0, 0.1) is 0 Å². The van der Waals surface area contributed by atoms with Crippen molar-refractivity contribution in [1.29, 1.82) is 0 Å². The summed E-state index contributed by atoms with van der Waals surface area (Å²) in [6.07, 6.45) is 3.59. The van der Waals surface area contributed by atoms with Crippen LogP contribution in [0.1, 0.15) is 33.1 Å². The Balaban J connectivity index is 3.70. The van der Waals surface area contributed by atoms with E-state index in [0.29, 0.717) is 6.04 Å². The van der Waals surface area contributed by atoms with Crippen molar-refractivity contribution >= 4 is 0 Å². The van der Waals surface area contributed by atoms with Crippen molar-refractivity contribution in [3.05, 3.63) is 12.2 Å². The maximum Gasteiger partial charge on any atom is 0.00821 e. The van der Waals surface area contributed by atoms with E-state index in [2.05, 4.69) is 44.7 Å². The maximum atomic E-state index is 3.94. The van der Waals surface area contributed by atoms with E-state index in [1.807, 2.05) is 0 Å². The molecule has 2 nitrogen and oxygen atoms in total. The molecule has 0 spiro atoms. The second-order valence-electron chi connectivity index (χ2n) is 4.34. The Hall–Kier alpha value is -0.340. The van der Waals surface area contributed by atoms with Crippen molar-refractivity contribution in [2.24, 2.45) is 0 Å². The monoisotopic (exact) mass is 198 g/mol. The minimum atomic E-state index is 0.652. The zero-order chi connectivity index (χ0) is 11.0. The fraction of sp³-hybridized carbons (Fsp3) is 0.833. The summed E-state index contributed by atoms with van der Waals surface area (Å²) >= 11 is 0. The van der Waals surface area contributed by atoms with Gasteiger partial charge in [-0.05, 0) is 53.4 Å². The third kappa shape index (κ3) is 8.27. The van der Waals surface area contributed by atoms with E-state index in [-0.39, 0.29) is 0 Å². The summed E-state index contributed by atoms with van der Waals surface area (Å²) < 4.78 is 0. The molecule has 0 aliphatic rings. The lowest BCUT2D eigenvalue weighted by Crippen LogP contribution is -2.32. The molecule has 0 aliphatic carbocycles. The first-order valence-electron chi connectivity index (χ1n) is 5.58. The van der Waals surface area contributed by atoms with E-state index in [1.54, 1.807) is 0 Å². The summed E-state index contributed by atoms with van der Waals surface area (Å²) in [5, 5.41) is 3.53. The molecular weight excluding hydrogens is 172 g/mol. The number of rotatable bonds is 8. The quantitative estimate of drug-likeness (QED) is 0.602. The summed E-state index contributed by atoms with van der Waals surface area (Å²) in [4.78, 5) is 2.24. The third-order valence-electron chi connectivity index (χ3n) is 2.34. The van der Waals surface area contributed by atoms with Crippen molar-refractivity contribution in [3.63, 3.8) is 0 Å². The van der Waals surface area contributed by atoms with Crippen molar-refractivity contribution in [2.45, 2.75) is 39.2 Å². The molecule has 0 heterocycles. The Bertz CT molecular complexity index is 152. The second-order valence-corrected chi connectivity index (χ2v) is 4.34. The number of hydrogen-bond donors (Lipinski definition) is 1. The molecule has 0 rings (SSSR count). The standard InChI is InChI=1S/C12H26N2/c1-6-13-12(8-7-11(2)3)9-10-14(4)5/h12-13H,2,6-10H2,1,3-5H3. The van der Waals surface area contributed by atoms with Crippen molar-refractivity contribution in [1.82, 2.24) is 10.2 Å². The highest BCUT2D eigenvalue weighted by atomic mass is 15.1. The highest BCUT2D eigenvalue weighted by Gasteiger charge is 2.06. The molecule has 0 saturated carbocycles. The van der Waals surface area contributed by atoms with Gasteiger partial charge in [0.05, 0.1) is 0 Å². The molecular formula is C12H26N2. The van der Waals surface area contributed by atoms with Crippen LogP contribution in [-0.4, -0.2) is 38.1 Å². The van der Waals surface area contributed by atoms with E-state index < -0.39 is 0 Å². The van der Waals surface area contributed by atoms with Crippen LogP contribution in [0.4, 0.5) is 0 Å². The van der Waals surface area contributed by atoms with E-state index in [9.17, 15) is 0 Å². The van der Waals surface area contributed by atoms with Crippen LogP contribution in [-0.2, 0) is 0 Å². The third-order valence-corrected chi connectivity index (χ3v) is 2.34. The van der Waals surface area contributed by atoms with Crippen LogP contribution in [0.15, 0.2) is 12.2 Å². The molecule has 0 aliphatic heterocycles. The first kappa shape index (κ1) is 13.7. The Morgan fingerprint density at radius 2 is 2.00 bits per heavy atom. The van der Waals surface area contributed by atoms with Gasteiger partial charge < -0.3 is 10.2 Å². The molecule has 1 unspecified atom stereocenters. The van der Waals surface area contributed by atoms with Gasteiger partial charge in [0.2, 0.25) is 0 Å². The molecule has 1 N–H and O–H groups in total. The topological polar surface area (TPSA) is 15.3 Å². The molecule has 0 fully saturated rings. The van der Waals surface area contributed by atoms with Crippen LogP contribution < -0.4 is 5.32 Å². The molecule has 0 aromatic rings. The lowest BCUT2D eigenvalue weighted by atomic mass is 10.0. The SMILES string of the molecule is C=C(C)CCC(CCN(C)C)NCC. The first-order chi connectivity index (χ1) is 6.56. The predicted octanol–water partition coefficient (Wildman–Crippen LogP) is 2.27. The molecule has 0 aromatic carbocycles. The van der Waals surface area contributed by atoms with Gasteiger partial charge in [0.25, 0.3) is 0 Å². The molecule has 0 amide bonds. The normalized spacial score (nSPS) is 13.2.